The maximum absolute atomic E-state index is 13.7. The van der Waals surface area contributed by atoms with Crippen molar-refractivity contribution >= 4 is 44.2 Å². The van der Waals surface area contributed by atoms with Gasteiger partial charge in [0.05, 0.1) is 16.8 Å². The fourth-order valence-electron chi connectivity index (χ4n) is 4.22. The van der Waals surface area contributed by atoms with Crippen LogP contribution in [0.3, 0.4) is 0 Å². The van der Waals surface area contributed by atoms with Gasteiger partial charge in [0, 0.05) is 10.6 Å². The van der Waals surface area contributed by atoms with Crippen molar-refractivity contribution in [2.45, 2.75) is 39.2 Å². The zero-order valence-electron chi connectivity index (χ0n) is 17.4. The summed E-state index contributed by atoms with van der Waals surface area (Å²) in [6.07, 6.45) is 4.58. The number of nitrogens with zero attached hydrogens (tertiary/aromatic N) is 2. The molecule has 1 aliphatic rings. The van der Waals surface area contributed by atoms with Gasteiger partial charge in [-0.2, -0.15) is 0 Å². The highest BCUT2D eigenvalue weighted by Crippen LogP contribution is 2.35. The number of fused-ring (bicyclic) bond motifs is 2. The minimum Gasteiger partial charge on any atom is -0.279 e. The number of hydrogen-bond donors (Lipinski definition) is 0. The fraction of sp³-hybridized carbons (Fsp3) is 0.231. The number of benzene rings is 3. The number of halogens is 1. The Morgan fingerprint density at radius 2 is 1.81 bits per heavy atom. The van der Waals surface area contributed by atoms with Crippen LogP contribution in [0, 0.1) is 6.92 Å². The van der Waals surface area contributed by atoms with Crippen LogP contribution < -0.4 is 4.90 Å². The summed E-state index contributed by atoms with van der Waals surface area (Å²) in [5.41, 5.74) is 6.30. The lowest BCUT2D eigenvalue weighted by Gasteiger charge is -2.22. The molecule has 1 aliphatic carbocycles. The Kier molecular flexibility index (Phi) is 5.51. The van der Waals surface area contributed by atoms with Gasteiger partial charge in [-0.3, -0.25) is 9.69 Å². The lowest BCUT2D eigenvalue weighted by molar-refractivity contribution is 0.0985. The Labute approximate surface area is 191 Å². The van der Waals surface area contributed by atoms with Crippen molar-refractivity contribution in [1.82, 2.24) is 4.98 Å². The Hall–Kier alpha value is -2.69. The summed E-state index contributed by atoms with van der Waals surface area (Å²) < 4.78 is 1.04. The topological polar surface area (TPSA) is 33.2 Å². The number of carbonyl (C=O) groups excluding carboxylic acids is 1. The van der Waals surface area contributed by atoms with Crippen LogP contribution in [0.1, 0.15) is 45.5 Å². The maximum Gasteiger partial charge on any atom is 0.260 e. The minimum atomic E-state index is -0.0139. The van der Waals surface area contributed by atoms with E-state index >= 15 is 0 Å². The van der Waals surface area contributed by atoms with Crippen LogP contribution in [0.15, 0.2) is 60.7 Å². The van der Waals surface area contributed by atoms with Crippen molar-refractivity contribution in [2.75, 3.05) is 4.90 Å². The molecule has 0 spiro atoms. The quantitative estimate of drug-likeness (QED) is 0.338. The number of rotatable bonds is 4. The van der Waals surface area contributed by atoms with Gasteiger partial charge in [0.1, 0.15) is 0 Å². The summed E-state index contributed by atoms with van der Waals surface area (Å²) in [5, 5.41) is 1.40. The lowest BCUT2D eigenvalue weighted by Crippen LogP contribution is -2.30. The first-order chi connectivity index (χ1) is 15.1. The molecule has 0 saturated heterocycles. The lowest BCUT2D eigenvalue weighted by atomic mass is 9.90. The SMILES string of the molecule is Cc1c(Cl)ccc2sc(N(Cc3ccccc3)C(=O)c3ccc4c(c3)CCCC4)nc12. The smallest absolute Gasteiger partial charge is 0.260 e. The molecular formula is C26H23ClN2OS. The molecule has 1 amide bonds. The molecule has 0 fully saturated rings. The molecule has 0 unspecified atom stereocenters. The van der Waals surface area contributed by atoms with Gasteiger partial charge in [0.15, 0.2) is 5.13 Å². The van der Waals surface area contributed by atoms with Crippen LogP contribution in [0.5, 0.6) is 0 Å². The van der Waals surface area contributed by atoms with E-state index in [1.165, 1.54) is 35.3 Å². The van der Waals surface area contributed by atoms with Crippen LogP contribution in [0.4, 0.5) is 5.13 Å². The Balaban J connectivity index is 1.57. The summed E-state index contributed by atoms with van der Waals surface area (Å²) in [6.45, 7) is 2.45. The first kappa shape index (κ1) is 20.2. The molecule has 1 aromatic heterocycles. The molecule has 1 heterocycles. The van der Waals surface area contributed by atoms with E-state index in [1.54, 1.807) is 4.90 Å². The van der Waals surface area contributed by atoms with E-state index in [-0.39, 0.29) is 5.91 Å². The molecule has 3 nitrogen and oxygen atoms in total. The van der Waals surface area contributed by atoms with Crippen LogP contribution in [-0.2, 0) is 19.4 Å². The summed E-state index contributed by atoms with van der Waals surface area (Å²) in [4.78, 5) is 20.4. The molecule has 0 atom stereocenters. The van der Waals surface area contributed by atoms with Crippen molar-refractivity contribution in [3.63, 3.8) is 0 Å². The molecule has 0 N–H and O–H groups in total. The van der Waals surface area contributed by atoms with E-state index in [4.69, 9.17) is 16.6 Å². The molecule has 0 bridgehead atoms. The molecule has 31 heavy (non-hydrogen) atoms. The second-order valence-electron chi connectivity index (χ2n) is 8.08. The second kappa shape index (κ2) is 8.45. The number of thiazole rings is 1. The van der Waals surface area contributed by atoms with Crippen LogP contribution >= 0.6 is 22.9 Å². The van der Waals surface area contributed by atoms with Crippen molar-refractivity contribution in [1.29, 1.82) is 0 Å². The summed E-state index contributed by atoms with van der Waals surface area (Å²) in [7, 11) is 0. The largest absolute Gasteiger partial charge is 0.279 e. The van der Waals surface area contributed by atoms with E-state index in [1.807, 2.05) is 55.5 Å². The molecule has 4 aromatic rings. The Bertz CT molecular complexity index is 1270. The molecule has 3 aromatic carbocycles. The Morgan fingerprint density at radius 1 is 1.03 bits per heavy atom. The number of hydrogen-bond acceptors (Lipinski definition) is 3. The fourth-order valence-corrected chi connectivity index (χ4v) is 5.39. The number of anilines is 1. The van der Waals surface area contributed by atoms with E-state index in [2.05, 4.69) is 12.1 Å². The molecule has 5 rings (SSSR count). The van der Waals surface area contributed by atoms with Gasteiger partial charge in [-0.25, -0.2) is 4.98 Å². The molecule has 0 aliphatic heterocycles. The van der Waals surface area contributed by atoms with Crippen molar-refractivity contribution in [2.24, 2.45) is 0 Å². The third-order valence-electron chi connectivity index (χ3n) is 5.99. The first-order valence-electron chi connectivity index (χ1n) is 10.6. The Morgan fingerprint density at radius 3 is 2.61 bits per heavy atom. The second-order valence-corrected chi connectivity index (χ2v) is 9.50. The number of amides is 1. The van der Waals surface area contributed by atoms with Gasteiger partial charge >= 0.3 is 0 Å². The zero-order chi connectivity index (χ0) is 21.4. The maximum atomic E-state index is 13.7. The minimum absolute atomic E-state index is 0.0139. The van der Waals surface area contributed by atoms with Gasteiger partial charge < -0.3 is 0 Å². The first-order valence-corrected chi connectivity index (χ1v) is 11.8. The highest BCUT2D eigenvalue weighted by molar-refractivity contribution is 7.22. The molecule has 0 saturated carbocycles. The van der Waals surface area contributed by atoms with Crippen molar-refractivity contribution in [3.05, 3.63) is 93.5 Å². The van der Waals surface area contributed by atoms with Crippen LogP contribution in [0.2, 0.25) is 5.02 Å². The molecule has 156 valence electrons. The average molecular weight is 447 g/mol. The monoisotopic (exact) mass is 446 g/mol. The summed E-state index contributed by atoms with van der Waals surface area (Å²) in [5.74, 6) is -0.0139. The van der Waals surface area contributed by atoms with Crippen LogP contribution in [-0.4, -0.2) is 10.9 Å². The normalized spacial score (nSPS) is 13.2. The van der Waals surface area contributed by atoms with Gasteiger partial charge in [0.2, 0.25) is 0 Å². The summed E-state index contributed by atoms with van der Waals surface area (Å²) >= 11 is 7.85. The third-order valence-corrected chi connectivity index (χ3v) is 7.44. The number of aryl methyl sites for hydroxylation is 3. The van der Waals surface area contributed by atoms with Gasteiger partial charge in [0.25, 0.3) is 5.91 Å². The van der Waals surface area contributed by atoms with Gasteiger partial charge in [-0.15, -0.1) is 0 Å². The highest BCUT2D eigenvalue weighted by Gasteiger charge is 2.23. The van der Waals surface area contributed by atoms with E-state index in [9.17, 15) is 4.79 Å². The predicted molar refractivity (Wildman–Crippen MR) is 129 cm³/mol. The highest BCUT2D eigenvalue weighted by atomic mass is 35.5. The predicted octanol–water partition coefficient (Wildman–Crippen LogP) is 6.98. The number of aromatic nitrogens is 1. The number of carbonyl (C=O) groups is 1. The standard InChI is InChI=1S/C26H23ClN2OS/c1-17-22(27)13-14-23-24(17)28-26(31-23)29(16-18-7-3-2-4-8-18)25(30)21-12-11-19-9-5-6-10-20(19)15-21/h2-4,7-8,11-15H,5-6,9-10,16H2,1H3. The third kappa shape index (κ3) is 3.98. The average Bonchev–Trinajstić information content (AvgIpc) is 3.25. The van der Waals surface area contributed by atoms with Crippen LogP contribution in [0.25, 0.3) is 10.2 Å². The molecule has 5 heteroatoms. The van der Waals surface area contributed by atoms with Crippen molar-refractivity contribution in [3.8, 4) is 0 Å². The zero-order valence-corrected chi connectivity index (χ0v) is 19.0. The van der Waals surface area contributed by atoms with E-state index in [0.29, 0.717) is 16.7 Å². The summed E-state index contributed by atoms with van der Waals surface area (Å²) in [6, 6.07) is 20.1. The molecular weight excluding hydrogens is 424 g/mol. The van der Waals surface area contributed by atoms with Gasteiger partial charge in [-0.1, -0.05) is 59.3 Å². The van der Waals surface area contributed by atoms with E-state index in [0.717, 1.165) is 39.7 Å². The van der Waals surface area contributed by atoms with Crippen molar-refractivity contribution < 1.29 is 4.79 Å². The van der Waals surface area contributed by atoms with Gasteiger partial charge in [-0.05, 0) is 79.1 Å². The van der Waals surface area contributed by atoms with E-state index < -0.39 is 0 Å². The molecule has 0 radical (unpaired) electrons.